The van der Waals surface area contributed by atoms with Crippen molar-refractivity contribution in [2.45, 2.75) is 26.1 Å². The smallest absolute Gasteiger partial charge is 0.137 e. The first-order valence-electron chi connectivity index (χ1n) is 6.94. The third-order valence-corrected chi connectivity index (χ3v) is 4.18. The van der Waals surface area contributed by atoms with Crippen LogP contribution in [0.15, 0.2) is 40.9 Å². The van der Waals surface area contributed by atoms with Crippen molar-refractivity contribution in [1.29, 1.82) is 0 Å². The van der Waals surface area contributed by atoms with E-state index < -0.39 is 0 Å². The zero-order valence-corrected chi connectivity index (χ0v) is 13.4. The standard InChI is InChI=1S/C17H17BrO3/c1-11-2-4-16-13(6-11)8-14(21-16)10-20-17-5-3-12(9-19)7-15(17)18/h2-7,14,19H,8-10H2,1H3. The highest BCUT2D eigenvalue weighted by Gasteiger charge is 2.23. The summed E-state index contributed by atoms with van der Waals surface area (Å²) in [6.07, 6.45) is 0.926. The molecule has 110 valence electrons. The number of benzene rings is 2. The van der Waals surface area contributed by atoms with Gasteiger partial charge in [-0.3, -0.25) is 0 Å². The number of halogens is 1. The zero-order valence-electron chi connectivity index (χ0n) is 11.8. The van der Waals surface area contributed by atoms with E-state index in [1.54, 1.807) is 0 Å². The SMILES string of the molecule is Cc1ccc2c(c1)CC(COc1ccc(CO)cc1Br)O2. The molecule has 4 heteroatoms. The predicted octanol–water partition coefficient (Wildman–Crippen LogP) is 3.63. The molecule has 1 heterocycles. The van der Waals surface area contributed by atoms with Gasteiger partial charge in [-0.2, -0.15) is 0 Å². The Balaban J connectivity index is 1.62. The summed E-state index contributed by atoms with van der Waals surface area (Å²) in [5, 5.41) is 9.10. The summed E-state index contributed by atoms with van der Waals surface area (Å²) in [6, 6.07) is 11.8. The van der Waals surface area contributed by atoms with Gasteiger partial charge < -0.3 is 14.6 Å². The summed E-state index contributed by atoms with van der Waals surface area (Å²) < 4.78 is 12.6. The van der Waals surface area contributed by atoms with Crippen LogP contribution < -0.4 is 9.47 Å². The summed E-state index contributed by atoms with van der Waals surface area (Å²) in [5.74, 6) is 1.73. The van der Waals surface area contributed by atoms with Gasteiger partial charge in [0.15, 0.2) is 0 Å². The number of rotatable bonds is 4. The summed E-state index contributed by atoms with van der Waals surface area (Å²) in [6.45, 7) is 2.62. The molecule has 0 amide bonds. The van der Waals surface area contributed by atoms with Crippen molar-refractivity contribution < 1.29 is 14.6 Å². The van der Waals surface area contributed by atoms with E-state index in [1.165, 1.54) is 11.1 Å². The van der Waals surface area contributed by atoms with Gasteiger partial charge in [0.25, 0.3) is 0 Å². The number of ether oxygens (including phenoxy) is 2. The van der Waals surface area contributed by atoms with Crippen LogP contribution in [0.3, 0.4) is 0 Å². The van der Waals surface area contributed by atoms with Crippen LogP contribution in [0.25, 0.3) is 0 Å². The van der Waals surface area contributed by atoms with Crippen LogP contribution in [0, 0.1) is 6.92 Å². The Bertz CT molecular complexity index is 654. The molecule has 0 aromatic heterocycles. The van der Waals surface area contributed by atoms with E-state index in [9.17, 15) is 0 Å². The molecule has 1 unspecified atom stereocenters. The van der Waals surface area contributed by atoms with Crippen LogP contribution in [0.1, 0.15) is 16.7 Å². The molecule has 1 atom stereocenters. The second-order valence-electron chi connectivity index (χ2n) is 5.29. The first-order valence-corrected chi connectivity index (χ1v) is 7.73. The van der Waals surface area contributed by atoms with Gasteiger partial charge in [-0.1, -0.05) is 23.8 Å². The quantitative estimate of drug-likeness (QED) is 0.916. The summed E-state index contributed by atoms with van der Waals surface area (Å²) in [5.41, 5.74) is 3.36. The topological polar surface area (TPSA) is 38.7 Å². The Kier molecular flexibility index (Phi) is 4.17. The van der Waals surface area contributed by atoms with Crippen molar-refractivity contribution in [3.05, 3.63) is 57.6 Å². The Morgan fingerprint density at radius 1 is 1.29 bits per heavy atom. The molecule has 2 aromatic rings. The van der Waals surface area contributed by atoms with Crippen molar-refractivity contribution in [2.75, 3.05) is 6.61 Å². The van der Waals surface area contributed by atoms with Crippen molar-refractivity contribution in [3.63, 3.8) is 0 Å². The lowest BCUT2D eigenvalue weighted by Crippen LogP contribution is -2.22. The maximum absolute atomic E-state index is 9.10. The molecular weight excluding hydrogens is 332 g/mol. The van der Waals surface area contributed by atoms with Crippen molar-refractivity contribution in [2.24, 2.45) is 0 Å². The zero-order chi connectivity index (χ0) is 14.8. The minimum Gasteiger partial charge on any atom is -0.489 e. The summed E-state index contributed by atoms with van der Waals surface area (Å²) >= 11 is 3.46. The van der Waals surface area contributed by atoms with Gasteiger partial charge in [-0.25, -0.2) is 0 Å². The maximum atomic E-state index is 9.10. The third kappa shape index (κ3) is 3.22. The maximum Gasteiger partial charge on any atom is 0.137 e. The minimum atomic E-state index is 0.0271. The molecule has 0 bridgehead atoms. The molecule has 0 saturated heterocycles. The molecule has 21 heavy (non-hydrogen) atoms. The number of fused-ring (bicyclic) bond motifs is 1. The van der Waals surface area contributed by atoms with Gasteiger partial charge in [-0.15, -0.1) is 0 Å². The Morgan fingerprint density at radius 2 is 2.14 bits per heavy atom. The number of aryl methyl sites for hydroxylation is 1. The van der Waals surface area contributed by atoms with E-state index in [-0.39, 0.29) is 12.7 Å². The van der Waals surface area contributed by atoms with E-state index >= 15 is 0 Å². The van der Waals surface area contributed by atoms with E-state index in [4.69, 9.17) is 14.6 Å². The highest BCUT2D eigenvalue weighted by molar-refractivity contribution is 9.10. The highest BCUT2D eigenvalue weighted by Crippen LogP contribution is 2.31. The fourth-order valence-electron chi connectivity index (χ4n) is 2.48. The lowest BCUT2D eigenvalue weighted by molar-refractivity contribution is 0.148. The molecule has 2 aromatic carbocycles. The van der Waals surface area contributed by atoms with Crippen molar-refractivity contribution >= 4 is 15.9 Å². The molecule has 1 N–H and O–H groups in total. The fraction of sp³-hybridized carbons (Fsp3) is 0.294. The lowest BCUT2D eigenvalue weighted by Gasteiger charge is -2.14. The van der Waals surface area contributed by atoms with Gasteiger partial charge in [-0.05, 0) is 52.2 Å². The van der Waals surface area contributed by atoms with E-state index in [1.807, 2.05) is 24.3 Å². The molecule has 1 aliphatic rings. The van der Waals surface area contributed by atoms with Crippen LogP contribution in [0.4, 0.5) is 0 Å². The average Bonchev–Trinajstić information content (AvgIpc) is 2.87. The van der Waals surface area contributed by atoms with Gasteiger partial charge in [0.2, 0.25) is 0 Å². The highest BCUT2D eigenvalue weighted by atomic mass is 79.9. The number of hydrogen-bond acceptors (Lipinski definition) is 3. The van der Waals surface area contributed by atoms with Crippen LogP contribution in [-0.2, 0) is 13.0 Å². The molecule has 0 radical (unpaired) electrons. The van der Waals surface area contributed by atoms with Crippen LogP contribution in [0.5, 0.6) is 11.5 Å². The van der Waals surface area contributed by atoms with Crippen molar-refractivity contribution in [1.82, 2.24) is 0 Å². The number of aliphatic hydroxyl groups is 1. The van der Waals surface area contributed by atoms with Gasteiger partial charge in [0.05, 0.1) is 11.1 Å². The number of aliphatic hydroxyl groups excluding tert-OH is 1. The first kappa shape index (κ1) is 14.4. The summed E-state index contributed by atoms with van der Waals surface area (Å²) in [7, 11) is 0. The largest absolute Gasteiger partial charge is 0.489 e. The molecule has 3 rings (SSSR count). The molecule has 0 fully saturated rings. The molecular formula is C17H17BrO3. The van der Waals surface area contributed by atoms with E-state index in [0.29, 0.717) is 6.61 Å². The molecule has 0 aliphatic carbocycles. The molecule has 0 saturated carbocycles. The van der Waals surface area contributed by atoms with Gasteiger partial charge in [0.1, 0.15) is 24.2 Å². The molecule has 0 spiro atoms. The monoisotopic (exact) mass is 348 g/mol. The second kappa shape index (κ2) is 6.08. The Morgan fingerprint density at radius 3 is 2.90 bits per heavy atom. The minimum absolute atomic E-state index is 0.0271. The normalized spacial score (nSPS) is 16.4. The summed E-state index contributed by atoms with van der Waals surface area (Å²) in [4.78, 5) is 0. The van der Waals surface area contributed by atoms with Crippen LogP contribution in [0.2, 0.25) is 0 Å². The number of hydrogen-bond donors (Lipinski definition) is 1. The Labute approximate surface area is 132 Å². The third-order valence-electron chi connectivity index (χ3n) is 3.56. The molecule has 1 aliphatic heterocycles. The first-order chi connectivity index (χ1) is 10.2. The average molecular weight is 349 g/mol. The van der Waals surface area contributed by atoms with Crippen molar-refractivity contribution in [3.8, 4) is 11.5 Å². The molecule has 3 nitrogen and oxygen atoms in total. The van der Waals surface area contributed by atoms with Crippen LogP contribution >= 0.6 is 15.9 Å². The lowest BCUT2D eigenvalue weighted by atomic mass is 10.1. The fourth-order valence-corrected chi connectivity index (χ4v) is 3.03. The second-order valence-corrected chi connectivity index (χ2v) is 6.14. The van der Waals surface area contributed by atoms with Gasteiger partial charge in [0, 0.05) is 6.42 Å². The van der Waals surface area contributed by atoms with E-state index in [0.717, 1.165) is 28.0 Å². The van der Waals surface area contributed by atoms with Crippen LogP contribution in [-0.4, -0.2) is 17.8 Å². The Hall–Kier alpha value is -1.52. The van der Waals surface area contributed by atoms with E-state index in [2.05, 4.69) is 35.0 Å². The van der Waals surface area contributed by atoms with Gasteiger partial charge >= 0.3 is 0 Å². The predicted molar refractivity (Wildman–Crippen MR) is 84.9 cm³/mol.